The van der Waals surface area contributed by atoms with Crippen molar-refractivity contribution in [2.75, 3.05) is 13.2 Å². The van der Waals surface area contributed by atoms with Crippen LogP contribution in [-0.2, 0) is 4.74 Å². The van der Waals surface area contributed by atoms with Crippen LogP contribution in [-0.4, -0.2) is 24.4 Å². The standard InChI is InChI=1S/C10H22O2/c1-8(10(3,4)5)9(2)12-7-6-11/h8-9,11H,6-7H2,1-5H3. The van der Waals surface area contributed by atoms with Crippen LogP contribution >= 0.6 is 0 Å². The van der Waals surface area contributed by atoms with Gasteiger partial charge in [-0.05, 0) is 18.3 Å². The average molecular weight is 174 g/mol. The van der Waals surface area contributed by atoms with Gasteiger partial charge in [0.15, 0.2) is 0 Å². The lowest BCUT2D eigenvalue weighted by Crippen LogP contribution is -2.30. The first-order valence-corrected chi connectivity index (χ1v) is 4.62. The molecule has 2 heteroatoms. The first-order valence-electron chi connectivity index (χ1n) is 4.62. The van der Waals surface area contributed by atoms with E-state index in [2.05, 4.69) is 34.6 Å². The summed E-state index contributed by atoms with van der Waals surface area (Å²) in [5.41, 5.74) is 0.273. The molecule has 0 heterocycles. The monoisotopic (exact) mass is 174 g/mol. The van der Waals surface area contributed by atoms with E-state index < -0.39 is 0 Å². The predicted molar refractivity (Wildman–Crippen MR) is 51.1 cm³/mol. The Morgan fingerprint density at radius 3 is 2.08 bits per heavy atom. The van der Waals surface area contributed by atoms with E-state index in [1.165, 1.54) is 0 Å². The Morgan fingerprint density at radius 1 is 1.25 bits per heavy atom. The SMILES string of the molecule is CC(OCCO)C(C)C(C)(C)C. The molecule has 0 spiro atoms. The smallest absolute Gasteiger partial charge is 0.0701 e. The third kappa shape index (κ3) is 4.07. The van der Waals surface area contributed by atoms with Gasteiger partial charge in [0.25, 0.3) is 0 Å². The molecule has 0 rings (SSSR count). The maximum absolute atomic E-state index is 8.57. The third-order valence-electron chi connectivity index (χ3n) is 2.54. The average Bonchev–Trinajstić information content (AvgIpc) is 1.97. The summed E-state index contributed by atoms with van der Waals surface area (Å²) in [6, 6.07) is 0. The Bertz CT molecular complexity index is 115. The zero-order valence-corrected chi connectivity index (χ0v) is 8.92. The number of rotatable bonds is 4. The highest BCUT2D eigenvalue weighted by molar-refractivity contribution is 4.74. The Labute approximate surface area is 75.9 Å². The second-order valence-electron chi connectivity index (χ2n) is 4.45. The third-order valence-corrected chi connectivity index (χ3v) is 2.54. The molecule has 0 aliphatic carbocycles. The molecule has 74 valence electrons. The molecule has 0 bridgehead atoms. The predicted octanol–water partition coefficient (Wildman–Crippen LogP) is 2.07. The van der Waals surface area contributed by atoms with Crippen molar-refractivity contribution in [3.05, 3.63) is 0 Å². The second-order valence-corrected chi connectivity index (χ2v) is 4.45. The van der Waals surface area contributed by atoms with Crippen LogP contribution in [0.25, 0.3) is 0 Å². The molecule has 0 aromatic rings. The van der Waals surface area contributed by atoms with E-state index in [9.17, 15) is 0 Å². The Morgan fingerprint density at radius 2 is 1.75 bits per heavy atom. The van der Waals surface area contributed by atoms with Gasteiger partial charge in [0, 0.05) is 0 Å². The summed E-state index contributed by atoms with van der Waals surface area (Å²) >= 11 is 0. The van der Waals surface area contributed by atoms with E-state index in [4.69, 9.17) is 9.84 Å². The lowest BCUT2D eigenvalue weighted by atomic mass is 9.79. The topological polar surface area (TPSA) is 29.5 Å². The Hall–Kier alpha value is -0.0800. The molecule has 2 nitrogen and oxygen atoms in total. The van der Waals surface area contributed by atoms with Crippen LogP contribution in [0.4, 0.5) is 0 Å². The lowest BCUT2D eigenvalue weighted by molar-refractivity contribution is -0.0193. The van der Waals surface area contributed by atoms with Crippen molar-refractivity contribution in [2.45, 2.75) is 40.7 Å². The molecule has 0 aromatic heterocycles. The summed E-state index contributed by atoms with van der Waals surface area (Å²) < 4.78 is 5.43. The van der Waals surface area contributed by atoms with Crippen LogP contribution in [0.3, 0.4) is 0 Å². The minimum absolute atomic E-state index is 0.112. The van der Waals surface area contributed by atoms with Crippen LogP contribution in [0.2, 0.25) is 0 Å². The van der Waals surface area contributed by atoms with Gasteiger partial charge in [-0.2, -0.15) is 0 Å². The molecule has 2 atom stereocenters. The number of aliphatic hydroxyl groups excluding tert-OH is 1. The molecule has 12 heavy (non-hydrogen) atoms. The number of aliphatic hydroxyl groups is 1. The van der Waals surface area contributed by atoms with Crippen LogP contribution in [0.15, 0.2) is 0 Å². The minimum Gasteiger partial charge on any atom is -0.394 e. The summed E-state index contributed by atoms with van der Waals surface area (Å²) in [4.78, 5) is 0. The van der Waals surface area contributed by atoms with Gasteiger partial charge in [0.2, 0.25) is 0 Å². The van der Waals surface area contributed by atoms with Crippen LogP contribution < -0.4 is 0 Å². The zero-order valence-electron chi connectivity index (χ0n) is 8.92. The maximum atomic E-state index is 8.57. The zero-order chi connectivity index (χ0) is 9.78. The molecule has 0 radical (unpaired) electrons. The van der Waals surface area contributed by atoms with E-state index in [-0.39, 0.29) is 18.1 Å². The molecular weight excluding hydrogens is 152 g/mol. The molecular formula is C10H22O2. The van der Waals surface area contributed by atoms with Crippen molar-refractivity contribution < 1.29 is 9.84 Å². The highest BCUT2D eigenvalue weighted by atomic mass is 16.5. The van der Waals surface area contributed by atoms with Gasteiger partial charge < -0.3 is 9.84 Å². The number of ether oxygens (including phenoxy) is 1. The quantitative estimate of drug-likeness (QED) is 0.707. The minimum atomic E-state index is 0.112. The van der Waals surface area contributed by atoms with E-state index in [1.807, 2.05) is 0 Å². The molecule has 0 amide bonds. The van der Waals surface area contributed by atoms with Crippen molar-refractivity contribution in [1.82, 2.24) is 0 Å². The highest BCUT2D eigenvalue weighted by Crippen LogP contribution is 2.29. The van der Waals surface area contributed by atoms with Crippen LogP contribution in [0, 0.1) is 11.3 Å². The van der Waals surface area contributed by atoms with Crippen molar-refractivity contribution in [1.29, 1.82) is 0 Å². The van der Waals surface area contributed by atoms with Gasteiger partial charge >= 0.3 is 0 Å². The summed E-state index contributed by atoms with van der Waals surface area (Å²) in [5, 5.41) is 8.57. The lowest BCUT2D eigenvalue weighted by Gasteiger charge is -2.32. The van der Waals surface area contributed by atoms with E-state index in [1.54, 1.807) is 0 Å². The van der Waals surface area contributed by atoms with Gasteiger partial charge in [0.1, 0.15) is 0 Å². The van der Waals surface area contributed by atoms with E-state index in [0.717, 1.165) is 0 Å². The normalized spacial score (nSPS) is 17.5. The molecule has 0 aromatic carbocycles. The summed E-state index contributed by atoms with van der Waals surface area (Å²) in [7, 11) is 0. The van der Waals surface area contributed by atoms with Gasteiger partial charge in [-0.3, -0.25) is 0 Å². The number of hydrogen-bond acceptors (Lipinski definition) is 2. The summed E-state index contributed by atoms with van der Waals surface area (Å²) in [6.45, 7) is 11.4. The summed E-state index contributed by atoms with van der Waals surface area (Å²) in [6.07, 6.45) is 0.220. The first kappa shape index (κ1) is 11.9. The van der Waals surface area contributed by atoms with Crippen molar-refractivity contribution in [2.24, 2.45) is 11.3 Å². The van der Waals surface area contributed by atoms with Crippen molar-refractivity contribution in [3.63, 3.8) is 0 Å². The molecule has 2 unspecified atom stereocenters. The highest BCUT2D eigenvalue weighted by Gasteiger charge is 2.25. The van der Waals surface area contributed by atoms with Gasteiger partial charge in [0.05, 0.1) is 19.3 Å². The molecule has 1 N–H and O–H groups in total. The Kier molecular flexibility index (Phi) is 4.80. The van der Waals surface area contributed by atoms with Crippen molar-refractivity contribution >= 4 is 0 Å². The second kappa shape index (κ2) is 4.83. The maximum Gasteiger partial charge on any atom is 0.0701 e. The fourth-order valence-corrected chi connectivity index (χ4v) is 1.09. The fraction of sp³-hybridized carbons (Fsp3) is 1.00. The van der Waals surface area contributed by atoms with Crippen LogP contribution in [0.5, 0.6) is 0 Å². The fourth-order valence-electron chi connectivity index (χ4n) is 1.09. The summed E-state index contributed by atoms with van der Waals surface area (Å²) in [5.74, 6) is 0.504. The molecule has 0 fully saturated rings. The molecule has 0 aliphatic rings. The molecule has 0 saturated heterocycles. The van der Waals surface area contributed by atoms with Gasteiger partial charge in [-0.25, -0.2) is 0 Å². The molecule has 0 aliphatic heterocycles. The van der Waals surface area contributed by atoms with Gasteiger partial charge in [-0.15, -0.1) is 0 Å². The van der Waals surface area contributed by atoms with Gasteiger partial charge in [-0.1, -0.05) is 27.7 Å². The number of hydrogen-bond donors (Lipinski definition) is 1. The Balaban J connectivity index is 3.84. The van der Waals surface area contributed by atoms with Crippen molar-refractivity contribution in [3.8, 4) is 0 Å². The van der Waals surface area contributed by atoms with E-state index >= 15 is 0 Å². The largest absolute Gasteiger partial charge is 0.394 e. The molecule has 0 saturated carbocycles. The van der Waals surface area contributed by atoms with E-state index in [0.29, 0.717) is 12.5 Å². The van der Waals surface area contributed by atoms with Crippen LogP contribution in [0.1, 0.15) is 34.6 Å². The first-order chi connectivity index (χ1) is 5.39.